The standard InChI is InChI=1S/C15H13N3OS/c1-18(12-3-2-6-17-9-12)15(19)14-8-10-7-11(16)4-5-13(10)20-14/h2-9H,16H2,1H3. The minimum atomic E-state index is -0.0437. The number of thiophene rings is 1. The molecule has 0 unspecified atom stereocenters. The molecule has 2 N–H and O–H groups in total. The molecule has 3 rings (SSSR count). The number of carbonyl (C=O) groups is 1. The van der Waals surface area contributed by atoms with Crippen molar-refractivity contribution in [3.05, 3.63) is 53.7 Å². The van der Waals surface area contributed by atoms with Gasteiger partial charge in [0.1, 0.15) is 0 Å². The molecule has 0 aliphatic carbocycles. The number of nitrogens with two attached hydrogens (primary N) is 1. The molecule has 0 radical (unpaired) electrons. The average Bonchev–Trinajstić information content (AvgIpc) is 2.89. The first-order chi connectivity index (χ1) is 9.65. The molecule has 2 heterocycles. The first-order valence-electron chi connectivity index (χ1n) is 6.12. The number of hydrogen-bond donors (Lipinski definition) is 1. The highest BCUT2D eigenvalue weighted by Crippen LogP contribution is 2.28. The third-order valence-corrected chi connectivity index (χ3v) is 4.19. The van der Waals surface area contributed by atoms with Gasteiger partial charge in [-0.25, -0.2) is 0 Å². The zero-order valence-electron chi connectivity index (χ0n) is 10.9. The number of aromatic nitrogens is 1. The molecule has 1 amide bonds. The Morgan fingerprint density at radius 3 is 2.90 bits per heavy atom. The second-order valence-corrected chi connectivity index (χ2v) is 5.57. The number of anilines is 2. The molecule has 0 bridgehead atoms. The predicted molar refractivity (Wildman–Crippen MR) is 83.2 cm³/mol. The van der Waals surface area contributed by atoms with E-state index < -0.39 is 0 Å². The fourth-order valence-electron chi connectivity index (χ4n) is 2.00. The van der Waals surface area contributed by atoms with Crippen LogP contribution in [0.25, 0.3) is 10.1 Å². The van der Waals surface area contributed by atoms with Gasteiger partial charge >= 0.3 is 0 Å². The third-order valence-electron chi connectivity index (χ3n) is 3.09. The van der Waals surface area contributed by atoms with Crippen LogP contribution in [0.3, 0.4) is 0 Å². The van der Waals surface area contributed by atoms with E-state index in [0.717, 1.165) is 15.8 Å². The van der Waals surface area contributed by atoms with Crippen molar-refractivity contribution in [2.24, 2.45) is 0 Å². The first kappa shape index (κ1) is 12.6. The largest absolute Gasteiger partial charge is 0.399 e. The van der Waals surface area contributed by atoms with Gasteiger partial charge in [0.05, 0.1) is 16.8 Å². The fraction of sp³-hybridized carbons (Fsp3) is 0.0667. The van der Waals surface area contributed by atoms with Crippen molar-refractivity contribution in [1.82, 2.24) is 4.98 Å². The Bertz CT molecular complexity index is 767. The second-order valence-electron chi connectivity index (χ2n) is 4.48. The van der Waals surface area contributed by atoms with Crippen molar-refractivity contribution >= 4 is 38.7 Å². The van der Waals surface area contributed by atoms with E-state index in [1.807, 2.05) is 36.4 Å². The normalized spacial score (nSPS) is 10.7. The van der Waals surface area contributed by atoms with Crippen molar-refractivity contribution in [3.63, 3.8) is 0 Å². The molecule has 0 saturated heterocycles. The molecule has 0 spiro atoms. The number of amides is 1. The number of fused-ring (bicyclic) bond motifs is 1. The maximum atomic E-state index is 12.5. The molecule has 100 valence electrons. The first-order valence-corrected chi connectivity index (χ1v) is 6.94. The highest BCUT2D eigenvalue weighted by atomic mass is 32.1. The fourth-order valence-corrected chi connectivity index (χ4v) is 3.02. The van der Waals surface area contributed by atoms with Crippen LogP contribution in [0.4, 0.5) is 11.4 Å². The monoisotopic (exact) mass is 283 g/mol. The van der Waals surface area contributed by atoms with Crippen molar-refractivity contribution in [3.8, 4) is 0 Å². The van der Waals surface area contributed by atoms with E-state index in [9.17, 15) is 4.79 Å². The number of rotatable bonds is 2. The van der Waals surface area contributed by atoms with E-state index >= 15 is 0 Å². The Labute approximate surface area is 120 Å². The zero-order valence-corrected chi connectivity index (χ0v) is 11.7. The van der Waals surface area contributed by atoms with E-state index in [1.165, 1.54) is 11.3 Å². The number of pyridine rings is 1. The van der Waals surface area contributed by atoms with Crippen LogP contribution in [0.15, 0.2) is 48.8 Å². The van der Waals surface area contributed by atoms with Gasteiger partial charge in [-0.15, -0.1) is 11.3 Å². The van der Waals surface area contributed by atoms with Crippen molar-refractivity contribution in [2.75, 3.05) is 17.7 Å². The van der Waals surface area contributed by atoms with Crippen LogP contribution >= 0.6 is 11.3 Å². The van der Waals surface area contributed by atoms with Gasteiger partial charge in [0.2, 0.25) is 0 Å². The summed E-state index contributed by atoms with van der Waals surface area (Å²) >= 11 is 1.47. The number of nitrogen functional groups attached to an aromatic ring is 1. The van der Waals surface area contributed by atoms with E-state index in [-0.39, 0.29) is 5.91 Å². The summed E-state index contributed by atoms with van der Waals surface area (Å²) in [5.74, 6) is -0.0437. The molecular formula is C15H13N3OS. The molecule has 4 nitrogen and oxygen atoms in total. The van der Waals surface area contributed by atoms with E-state index in [2.05, 4.69) is 4.98 Å². The van der Waals surface area contributed by atoms with Gasteiger partial charge in [0.15, 0.2) is 0 Å². The smallest absolute Gasteiger partial charge is 0.268 e. The van der Waals surface area contributed by atoms with Gasteiger partial charge in [-0.05, 0) is 41.8 Å². The van der Waals surface area contributed by atoms with Gasteiger partial charge in [-0.1, -0.05) is 0 Å². The minimum Gasteiger partial charge on any atom is -0.399 e. The third kappa shape index (κ3) is 2.23. The lowest BCUT2D eigenvalue weighted by Crippen LogP contribution is -2.25. The van der Waals surface area contributed by atoms with Crippen molar-refractivity contribution in [1.29, 1.82) is 0 Å². The number of nitrogens with zero attached hydrogens (tertiary/aromatic N) is 2. The highest BCUT2D eigenvalue weighted by Gasteiger charge is 2.16. The van der Waals surface area contributed by atoms with Crippen LogP contribution in [0.5, 0.6) is 0 Å². The maximum Gasteiger partial charge on any atom is 0.268 e. The SMILES string of the molecule is CN(C(=O)c1cc2cc(N)ccc2s1)c1cccnc1. The maximum absolute atomic E-state index is 12.5. The molecule has 0 aliphatic rings. The number of hydrogen-bond acceptors (Lipinski definition) is 4. The number of benzene rings is 1. The lowest BCUT2D eigenvalue weighted by Gasteiger charge is -2.15. The summed E-state index contributed by atoms with van der Waals surface area (Å²) in [5, 5.41) is 0.998. The lowest BCUT2D eigenvalue weighted by atomic mass is 10.2. The Balaban J connectivity index is 1.96. The lowest BCUT2D eigenvalue weighted by molar-refractivity contribution is 0.0997. The molecule has 0 aliphatic heterocycles. The van der Waals surface area contributed by atoms with E-state index in [0.29, 0.717) is 10.6 Å². The molecule has 20 heavy (non-hydrogen) atoms. The van der Waals surface area contributed by atoms with Crippen LogP contribution in [-0.2, 0) is 0 Å². The number of carbonyl (C=O) groups excluding carboxylic acids is 1. The molecule has 2 aromatic heterocycles. The summed E-state index contributed by atoms with van der Waals surface area (Å²) in [5.41, 5.74) is 7.24. The Morgan fingerprint density at radius 2 is 2.15 bits per heavy atom. The molecule has 0 atom stereocenters. The van der Waals surface area contributed by atoms with Crippen LogP contribution in [-0.4, -0.2) is 17.9 Å². The summed E-state index contributed by atoms with van der Waals surface area (Å²) in [7, 11) is 1.75. The van der Waals surface area contributed by atoms with Gasteiger partial charge in [-0.2, -0.15) is 0 Å². The molecular weight excluding hydrogens is 270 g/mol. The summed E-state index contributed by atoms with van der Waals surface area (Å²) in [4.78, 5) is 18.8. The summed E-state index contributed by atoms with van der Waals surface area (Å²) in [6.45, 7) is 0. The van der Waals surface area contributed by atoms with E-state index in [4.69, 9.17) is 5.73 Å². The van der Waals surface area contributed by atoms with Gasteiger partial charge in [-0.3, -0.25) is 9.78 Å². The van der Waals surface area contributed by atoms with Crippen LogP contribution in [0, 0.1) is 0 Å². The molecule has 0 saturated carbocycles. The van der Waals surface area contributed by atoms with E-state index in [1.54, 1.807) is 24.3 Å². The van der Waals surface area contributed by atoms with Crippen LogP contribution in [0.1, 0.15) is 9.67 Å². The highest BCUT2D eigenvalue weighted by molar-refractivity contribution is 7.20. The van der Waals surface area contributed by atoms with Gasteiger partial charge < -0.3 is 10.6 Å². The Kier molecular flexibility index (Phi) is 3.12. The predicted octanol–water partition coefficient (Wildman–Crippen LogP) is 3.16. The Hall–Kier alpha value is -2.40. The summed E-state index contributed by atoms with van der Waals surface area (Å²) in [6.07, 6.45) is 3.35. The molecule has 3 aromatic rings. The summed E-state index contributed by atoms with van der Waals surface area (Å²) < 4.78 is 1.06. The van der Waals surface area contributed by atoms with Crippen LogP contribution < -0.4 is 10.6 Å². The zero-order chi connectivity index (χ0) is 14.1. The quantitative estimate of drug-likeness (QED) is 0.735. The van der Waals surface area contributed by atoms with Gasteiger partial charge in [0.25, 0.3) is 5.91 Å². The topological polar surface area (TPSA) is 59.2 Å². The average molecular weight is 283 g/mol. The molecule has 1 aromatic carbocycles. The van der Waals surface area contributed by atoms with Crippen molar-refractivity contribution in [2.45, 2.75) is 0 Å². The van der Waals surface area contributed by atoms with Crippen LogP contribution in [0.2, 0.25) is 0 Å². The van der Waals surface area contributed by atoms with Crippen molar-refractivity contribution < 1.29 is 4.79 Å². The second kappa shape index (κ2) is 4.94. The minimum absolute atomic E-state index is 0.0437. The molecule has 0 fully saturated rings. The van der Waals surface area contributed by atoms with Gasteiger partial charge in [0, 0.05) is 23.6 Å². The molecule has 5 heteroatoms. The Morgan fingerprint density at radius 1 is 1.30 bits per heavy atom. The summed E-state index contributed by atoms with van der Waals surface area (Å²) in [6, 6.07) is 11.2.